The monoisotopic (exact) mass is 351 g/mol. The van der Waals surface area contributed by atoms with Gasteiger partial charge in [0.2, 0.25) is 11.8 Å². The molecule has 1 aromatic rings. The van der Waals surface area contributed by atoms with Crippen molar-refractivity contribution < 1.29 is 9.59 Å². The summed E-state index contributed by atoms with van der Waals surface area (Å²) in [7, 11) is 3.65. The Labute approximate surface area is 149 Å². The molecule has 24 heavy (non-hydrogen) atoms. The molecule has 132 valence electrons. The van der Waals surface area contributed by atoms with Crippen LogP contribution in [0.25, 0.3) is 0 Å². The zero-order valence-corrected chi connectivity index (χ0v) is 15.2. The third kappa shape index (κ3) is 5.49. The molecule has 0 bridgehead atoms. The smallest absolute Gasteiger partial charge is 0.238 e. The average Bonchev–Trinajstić information content (AvgIpc) is 2.56. The van der Waals surface area contributed by atoms with Gasteiger partial charge in [0.15, 0.2) is 0 Å². The first-order chi connectivity index (χ1) is 11.5. The molecule has 1 aliphatic carbocycles. The summed E-state index contributed by atoms with van der Waals surface area (Å²) in [6.07, 6.45) is 5.81. The van der Waals surface area contributed by atoms with E-state index in [4.69, 9.17) is 11.6 Å². The van der Waals surface area contributed by atoms with Gasteiger partial charge in [-0.15, -0.1) is 0 Å². The number of likely N-dealkylation sites (N-methyl/N-ethyl adjacent to an activating group) is 2. The molecule has 0 unspecified atom stereocenters. The highest BCUT2D eigenvalue weighted by Gasteiger charge is 2.23. The first-order valence-corrected chi connectivity index (χ1v) is 8.83. The quantitative estimate of drug-likeness (QED) is 0.857. The second-order valence-electron chi connectivity index (χ2n) is 6.50. The van der Waals surface area contributed by atoms with Gasteiger partial charge >= 0.3 is 0 Å². The molecule has 0 aromatic heterocycles. The molecule has 2 rings (SSSR count). The van der Waals surface area contributed by atoms with Crippen LogP contribution in [0.1, 0.15) is 32.1 Å². The van der Waals surface area contributed by atoms with E-state index < -0.39 is 0 Å². The van der Waals surface area contributed by atoms with Gasteiger partial charge in [-0.25, -0.2) is 0 Å². The summed E-state index contributed by atoms with van der Waals surface area (Å²) in [5.74, 6) is -0.117. The Balaban J connectivity index is 1.79. The van der Waals surface area contributed by atoms with Crippen molar-refractivity contribution in [3.05, 3.63) is 29.3 Å². The minimum atomic E-state index is -0.182. The van der Waals surface area contributed by atoms with E-state index >= 15 is 0 Å². The number of halogens is 1. The fraction of sp³-hybridized carbons (Fsp3) is 0.556. The lowest BCUT2D eigenvalue weighted by atomic mass is 9.94. The van der Waals surface area contributed by atoms with Crippen LogP contribution in [-0.4, -0.2) is 54.8 Å². The molecule has 0 saturated heterocycles. The minimum Gasteiger partial charge on any atom is -0.342 e. The third-order valence-electron chi connectivity index (χ3n) is 4.48. The van der Waals surface area contributed by atoms with E-state index in [9.17, 15) is 9.59 Å². The van der Waals surface area contributed by atoms with Gasteiger partial charge in [-0.3, -0.25) is 14.5 Å². The molecule has 1 saturated carbocycles. The second-order valence-corrected chi connectivity index (χ2v) is 6.90. The van der Waals surface area contributed by atoms with Crippen molar-refractivity contribution in [1.29, 1.82) is 0 Å². The van der Waals surface area contributed by atoms with Crippen LogP contribution in [0.15, 0.2) is 24.3 Å². The van der Waals surface area contributed by atoms with Crippen molar-refractivity contribution in [3.63, 3.8) is 0 Å². The summed E-state index contributed by atoms with van der Waals surface area (Å²) in [6, 6.07) is 7.44. The number of amides is 2. The van der Waals surface area contributed by atoms with Crippen molar-refractivity contribution in [3.8, 4) is 0 Å². The van der Waals surface area contributed by atoms with E-state index in [0.717, 1.165) is 12.8 Å². The Bertz CT molecular complexity index is 573. The predicted molar refractivity (Wildman–Crippen MR) is 97.2 cm³/mol. The number of rotatable bonds is 6. The highest BCUT2D eigenvalue weighted by Crippen LogP contribution is 2.22. The second kappa shape index (κ2) is 9.04. The van der Waals surface area contributed by atoms with Crippen LogP contribution in [-0.2, 0) is 9.59 Å². The van der Waals surface area contributed by atoms with Crippen molar-refractivity contribution in [2.45, 2.75) is 38.1 Å². The number of carbonyl (C=O) groups is 2. The number of benzene rings is 1. The molecule has 5 nitrogen and oxygen atoms in total. The van der Waals surface area contributed by atoms with E-state index in [1.54, 1.807) is 24.1 Å². The number of hydrogen-bond acceptors (Lipinski definition) is 3. The minimum absolute atomic E-state index is 0.0648. The highest BCUT2D eigenvalue weighted by molar-refractivity contribution is 6.33. The van der Waals surface area contributed by atoms with Gasteiger partial charge in [-0.05, 0) is 32.0 Å². The first-order valence-electron chi connectivity index (χ1n) is 8.46. The molecule has 0 radical (unpaired) electrons. The van der Waals surface area contributed by atoms with E-state index in [1.165, 1.54) is 19.3 Å². The van der Waals surface area contributed by atoms with Gasteiger partial charge in [-0.1, -0.05) is 43.0 Å². The maximum absolute atomic E-state index is 12.4. The first kappa shape index (κ1) is 18.7. The molecule has 1 N–H and O–H groups in total. The topological polar surface area (TPSA) is 52.7 Å². The maximum Gasteiger partial charge on any atom is 0.238 e. The highest BCUT2D eigenvalue weighted by atomic mass is 35.5. The standard InChI is InChI=1S/C18H26ClN3O2/c1-21(12-17(23)20-16-11-7-6-10-15(16)19)13-18(24)22(2)14-8-4-3-5-9-14/h6-7,10-11,14H,3-5,8-9,12-13H2,1-2H3,(H,20,23). The fourth-order valence-electron chi connectivity index (χ4n) is 3.07. The zero-order chi connectivity index (χ0) is 17.5. The SMILES string of the molecule is CN(CC(=O)Nc1ccccc1Cl)CC(=O)N(C)C1CCCCC1. The number of hydrogen-bond donors (Lipinski definition) is 1. The molecule has 0 spiro atoms. The predicted octanol–water partition coefficient (Wildman–Crippen LogP) is 3.00. The Morgan fingerprint density at radius 3 is 2.46 bits per heavy atom. The van der Waals surface area contributed by atoms with Gasteiger partial charge in [0.05, 0.1) is 23.8 Å². The van der Waals surface area contributed by atoms with Gasteiger partial charge in [0, 0.05) is 13.1 Å². The summed E-state index contributed by atoms with van der Waals surface area (Å²) in [5.41, 5.74) is 0.586. The van der Waals surface area contributed by atoms with Gasteiger partial charge < -0.3 is 10.2 Å². The van der Waals surface area contributed by atoms with E-state index in [-0.39, 0.29) is 24.9 Å². The van der Waals surface area contributed by atoms with Crippen LogP contribution < -0.4 is 5.32 Å². The van der Waals surface area contributed by atoms with Crippen molar-refractivity contribution >= 4 is 29.1 Å². The molecule has 0 heterocycles. The average molecular weight is 352 g/mol. The van der Waals surface area contributed by atoms with Crippen molar-refractivity contribution in [2.75, 3.05) is 32.5 Å². The molecule has 0 atom stereocenters. The van der Waals surface area contributed by atoms with Crippen LogP contribution in [0.3, 0.4) is 0 Å². The van der Waals surface area contributed by atoms with Gasteiger partial charge in [-0.2, -0.15) is 0 Å². The van der Waals surface area contributed by atoms with Crippen LogP contribution in [0.5, 0.6) is 0 Å². The van der Waals surface area contributed by atoms with E-state index in [1.807, 2.05) is 24.1 Å². The Morgan fingerprint density at radius 1 is 1.12 bits per heavy atom. The molecular weight excluding hydrogens is 326 g/mol. The fourth-order valence-corrected chi connectivity index (χ4v) is 3.25. The van der Waals surface area contributed by atoms with Crippen molar-refractivity contribution in [1.82, 2.24) is 9.80 Å². The Hall–Kier alpha value is -1.59. The lowest BCUT2D eigenvalue weighted by molar-refractivity contribution is -0.133. The van der Waals surface area contributed by atoms with Gasteiger partial charge in [0.25, 0.3) is 0 Å². The normalized spacial score (nSPS) is 15.3. The van der Waals surface area contributed by atoms with Crippen LogP contribution >= 0.6 is 11.6 Å². The van der Waals surface area contributed by atoms with E-state index in [2.05, 4.69) is 5.32 Å². The lowest BCUT2D eigenvalue weighted by Crippen LogP contribution is -2.44. The van der Waals surface area contributed by atoms with Crippen LogP contribution in [0.4, 0.5) is 5.69 Å². The molecule has 1 aliphatic rings. The number of anilines is 1. The largest absolute Gasteiger partial charge is 0.342 e. The summed E-state index contributed by atoms with van der Waals surface area (Å²) >= 11 is 6.03. The summed E-state index contributed by atoms with van der Waals surface area (Å²) < 4.78 is 0. The van der Waals surface area contributed by atoms with Crippen molar-refractivity contribution in [2.24, 2.45) is 0 Å². The zero-order valence-electron chi connectivity index (χ0n) is 14.4. The molecule has 6 heteroatoms. The Morgan fingerprint density at radius 2 is 1.79 bits per heavy atom. The summed E-state index contributed by atoms with van der Waals surface area (Å²) in [6.45, 7) is 0.387. The van der Waals surface area contributed by atoms with Crippen LogP contribution in [0, 0.1) is 0 Å². The molecule has 2 amide bonds. The number of para-hydroxylation sites is 1. The molecular formula is C18H26ClN3O2. The molecule has 0 aliphatic heterocycles. The lowest BCUT2D eigenvalue weighted by Gasteiger charge is -2.32. The number of nitrogens with one attached hydrogen (secondary N) is 1. The Kier molecular flexibility index (Phi) is 7.06. The van der Waals surface area contributed by atoms with E-state index in [0.29, 0.717) is 16.8 Å². The molecule has 1 aromatic carbocycles. The molecule has 1 fully saturated rings. The van der Waals surface area contributed by atoms with Crippen LogP contribution in [0.2, 0.25) is 5.02 Å². The summed E-state index contributed by atoms with van der Waals surface area (Å²) in [4.78, 5) is 28.0. The maximum atomic E-state index is 12.4. The third-order valence-corrected chi connectivity index (χ3v) is 4.81. The summed E-state index contributed by atoms with van der Waals surface area (Å²) in [5, 5.41) is 3.27. The van der Waals surface area contributed by atoms with Gasteiger partial charge in [0.1, 0.15) is 0 Å². The number of carbonyl (C=O) groups excluding carboxylic acids is 2. The number of nitrogens with zero attached hydrogens (tertiary/aromatic N) is 2.